The highest BCUT2D eigenvalue weighted by Crippen LogP contribution is 2.32. The van der Waals surface area contributed by atoms with E-state index in [0.717, 1.165) is 18.9 Å². The Morgan fingerprint density at radius 1 is 1.40 bits per heavy atom. The Morgan fingerprint density at radius 3 is 2.45 bits per heavy atom. The zero-order chi connectivity index (χ0) is 15.3. The van der Waals surface area contributed by atoms with Crippen molar-refractivity contribution in [3.8, 4) is 5.75 Å². The van der Waals surface area contributed by atoms with E-state index in [0.29, 0.717) is 17.9 Å². The molecular formula is C14H20FNO3S. The van der Waals surface area contributed by atoms with Crippen molar-refractivity contribution in [2.75, 3.05) is 12.4 Å². The summed E-state index contributed by atoms with van der Waals surface area (Å²) >= 11 is 4.33. The third-order valence-electron chi connectivity index (χ3n) is 3.82. The molecule has 1 aromatic rings. The predicted molar refractivity (Wildman–Crippen MR) is 80.2 cm³/mol. The van der Waals surface area contributed by atoms with Gasteiger partial charge in [-0.2, -0.15) is 12.6 Å². The lowest BCUT2D eigenvalue weighted by molar-refractivity contribution is -0.385. The molecule has 6 heteroatoms. The van der Waals surface area contributed by atoms with E-state index in [1.54, 1.807) is 6.92 Å². The van der Waals surface area contributed by atoms with Gasteiger partial charge in [0.25, 0.3) is 5.69 Å². The first-order valence-electron chi connectivity index (χ1n) is 6.57. The lowest BCUT2D eigenvalue weighted by atomic mass is 9.85. The van der Waals surface area contributed by atoms with Crippen LogP contribution in [-0.2, 0) is 0 Å². The van der Waals surface area contributed by atoms with E-state index >= 15 is 0 Å². The second kappa shape index (κ2) is 6.92. The Morgan fingerprint density at radius 2 is 2.00 bits per heavy atom. The lowest BCUT2D eigenvalue weighted by Crippen LogP contribution is -2.29. The van der Waals surface area contributed by atoms with Crippen molar-refractivity contribution in [2.24, 2.45) is 5.41 Å². The second-order valence-electron chi connectivity index (χ2n) is 4.98. The third kappa shape index (κ3) is 3.62. The number of thiol groups is 1. The van der Waals surface area contributed by atoms with Crippen LogP contribution in [0, 0.1) is 28.3 Å². The van der Waals surface area contributed by atoms with Crippen molar-refractivity contribution in [3.05, 3.63) is 33.6 Å². The summed E-state index contributed by atoms with van der Waals surface area (Å²) in [6.45, 7) is 5.99. The molecule has 0 amide bonds. The number of nitro benzene ring substituents is 1. The highest BCUT2D eigenvalue weighted by molar-refractivity contribution is 7.80. The zero-order valence-electron chi connectivity index (χ0n) is 12.0. The number of hydrogen-bond donors (Lipinski definition) is 1. The number of benzene rings is 1. The summed E-state index contributed by atoms with van der Waals surface area (Å²) in [5.74, 6) is -0.00291. The molecule has 0 heterocycles. The van der Waals surface area contributed by atoms with E-state index in [9.17, 15) is 14.5 Å². The molecule has 0 spiro atoms. The second-order valence-corrected chi connectivity index (χ2v) is 5.30. The molecule has 1 aromatic carbocycles. The highest BCUT2D eigenvalue weighted by atomic mass is 32.1. The minimum atomic E-state index is -0.706. The van der Waals surface area contributed by atoms with Crippen molar-refractivity contribution in [3.63, 3.8) is 0 Å². The quantitative estimate of drug-likeness (QED) is 0.467. The Kier molecular flexibility index (Phi) is 5.80. The van der Waals surface area contributed by atoms with Crippen LogP contribution in [0.15, 0.2) is 12.1 Å². The summed E-state index contributed by atoms with van der Waals surface area (Å²) in [5.41, 5.74) is 0.0442. The van der Waals surface area contributed by atoms with Crippen LogP contribution in [0.25, 0.3) is 0 Å². The van der Waals surface area contributed by atoms with E-state index < -0.39 is 10.7 Å². The molecule has 0 fully saturated rings. The molecule has 1 rings (SSSR count). The van der Waals surface area contributed by atoms with Crippen molar-refractivity contribution in [2.45, 2.75) is 33.6 Å². The van der Waals surface area contributed by atoms with Gasteiger partial charge in [0, 0.05) is 11.0 Å². The number of halogens is 1. The van der Waals surface area contributed by atoms with E-state index in [1.165, 1.54) is 6.07 Å². The standard InChI is InChI=1S/C14H20FNO3S/c1-4-14(5-2,9-20)8-19-13-6-10(3)12(16(17)18)7-11(13)15/h6-7,20H,4-5,8-9H2,1-3H3. The molecule has 0 aliphatic heterocycles. The summed E-state index contributed by atoms with van der Waals surface area (Å²) in [6, 6.07) is 2.28. The maximum Gasteiger partial charge on any atom is 0.275 e. The Balaban J connectivity index is 2.94. The third-order valence-corrected chi connectivity index (χ3v) is 4.49. The minimum Gasteiger partial charge on any atom is -0.490 e. The molecule has 0 aromatic heterocycles. The van der Waals surface area contributed by atoms with Gasteiger partial charge in [-0.05, 0) is 31.6 Å². The van der Waals surface area contributed by atoms with E-state index in [-0.39, 0.29) is 16.9 Å². The van der Waals surface area contributed by atoms with Gasteiger partial charge in [-0.1, -0.05) is 13.8 Å². The Hall–Kier alpha value is -1.30. The molecule has 4 nitrogen and oxygen atoms in total. The van der Waals surface area contributed by atoms with Gasteiger partial charge in [-0.25, -0.2) is 4.39 Å². The van der Waals surface area contributed by atoms with Crippen molar-refractivity contribution >= 4 is 18.3 Å². The average molecular weight is 301 g/mol. The molecular weight excluding hydrogens is 281 g/mol. The molecule has 0 saturated heterocycles. The molecule has 20 heavy (non-hydrogen) atoms. The number of aryl methyl sites for hydroxylation is 1. The van der Waals surface area contributed by atoms with Crippen LogP contribution in [0.4, 0.5) is 10.1 Å². The predicted octanol–water partition coefficient (Wildman–Crippen LogP) is 4.16. The summed E-state index contributed by atoms with van der Waals surface area (Å²) in [6.07, 6.45) is 1.75. The molecule has 0 radical (unpaired) electrons. The normalized spacial score (nSPS) is 11.4. The molecule has 0 unspecified atom stereocenters. The Bertz CT molecular complexity index is 481. The maximum atomic E-state index is 13.8. The van der Waals surface area contributed by atoms with Gasteiger partial charge in [0.1, 0.15) is 0 Å². The SMILES string of the molecule is CCC(CC)(CS)COc1cc(C)c([N+](=O)[O-])cc1F. The monoisotopic (exact) mass is 301 g/mol. The lowest BCUT2D eigenvalue weighted by Gasteiger charge is -2.29. The summed E-state index contributed by atoms with van der Waals surface area (Å²) in [5, 5.41) is 10.7. The van der Waals surface area contributed by atoms with Gasteiger partial charge in [0.2, 0.25) is 0 Å². The number of nitrogens with zero attached hydrogens (tertiary/aromatic N) is 1. The first kappa shape index (κ1) is 16.8. The van der Waals surface area contributed by atoms with Crippen LogP contribution in [0.3, 0.4) is 0 Å². The fourth-order valence-electron chi connectivity index (χ4n) is 1.91. The van der Waals surface area contributed by atoms with Gasteiger partial charge in [-0.15, -0.1) is 0 Å². The average Bonchev–Trinajstić information content (AvgIpc) is 2.43. The molecule has 0 bridgehead atoms. The molecule has 0 aliphatic carbocycles. The zero-order valence-corrected chi connectivity index (χ0v) is 12.9. The molecule has 0 saturated carbocycles. The minimum absolute atomic E-state index is 0.0566. The largest absolute Gasteiger partial charge is 0.490 e. The Labute approximate surface area is 123 Å². The summed E-state index contributed by atoms with van der Waals surface area (Å²) in [7, 11) is 0. The fraction of sp³-hybridized carbons (Fsp3) is 0.571. The highest BCUT2D eigenvalue weighted by Gasteiger charge is 2.26. The van der Waals surface area contributed by atoms with E-state index in [2.05, 4.69) is 12.6 Å². The first-order valence-corrected chi connectivity index (χ1v) is 7.20. The van der Waals surface area contributed by atoms with Crippen molar-refractivity contribution in [1.82, 2.24) is 0 Å². The van der Waals surface area contributed by atoms with E-state index in [4.69, 9.17) is 4.74 Å². The van der Waals surface area contributed by atoms with Gasteiger partial charge in [0.05, 0.1) is 17.6 Å². The van der Waals surface area contributed by atoms with Gasteiger partial charge < -0.3 is 4.74 Å². The van der Waals surface area contributed by atoms with Crippen molar-refractivity contribution in [1.29, 1.82) is 0 Å². The summed E-state index contributed by atoms with van der Waals surface area (Å²) < 4.78 is 19.4. The van der Waals surface area contributed by atoms with Crippen LogP contribution in [-0.4, -0.2) is 17.3 Å². The maximum absolute atomic E-state index is 13.8. The van der Waals surface area contributed by atoms with Crippen LogP contribution in [0.5, 0.6) is 5.75 Å². The number of ether oxygens (including phenoxy) is 1. The van der Waals surface area contributed by atoms with Gasteiger partial charge in [-0.3, -0.25) is 10.1 Å². The number of nitro groups is 1. The van der Waals surface area contributed by atoms with Crippen LogP contribution >= 0.6 is 12.6 Å². The molecule has 112 valence electrons. The topological polar surface area (TPSA) is 52.4 Å². The van der Waals surface area contributed by atoms with Crippen LogP contribution in [0.1, 0.15) is 32.3 Å². The molecule has 0 atom stereocenters. The first-order chi connectivity index (χ1) is 9.39. The fourth-order valence-corrected chi connectivity index (χ4v) is 2.44. The van der Waals surface area contributed by atoms with Crippen LogP contribution in [0.2, 0.25) is 0 Å². The summed E-state index contributed by atoms with van der Waals surface area (Å²) in [4.78, 5) is 10.1. The van der Waals surface area contributed by atoms with Crippen LogP contribution < -0.4 is 4.74 Å². The van der Waals surface area contributed by atoms with Gasteiger partial charge in [0.15, 0.2) is 11.6 Å². The number of rotatable bonds is 7. The van der Waals surface area contributed by atoms with Gasteiger partial charge >= 0.3 is 0 Å². The molecule has 0 aliphatic rings. The molecule has 0 N–H and O–H groups in total. The smallest absolute Gasteiger partial charge is 0.275 e. The number of hydrogen-bond acceptors (Lipinski definition) is 4. The van der Waals surface area contributed by atoms with E-state index in [1.807, 2.05) is 13.8 Å². The van der Waals surface area contributed by atoms with Crippen molar-refractivity contribution < 1.29 is 14.1 Å².